The molecule has 1 fully saturated rings. The number of nitrogens with zero attached hydrogens (tertiary/aromatic N) is 2. The molecule has 5 nitrogen and oxygen atoms in total. The van der Waals surface area contributed by atoms with Gasteiger partial charge in [-0.15, -0.1) is 0 Å². The second kappa shape index (κ2) is 7.71. The second-order valence-corrected chi connectivity index (χ2v) is 9.54. The summed E-state index contributed by atoms with van der Waals surface area (Å²) in [6.07, 6.45) is 0. The van der Waals surface area contributed by atoms with E-state index in [1.807, 2.05) is 105 Å². The Bertz CT molecular complexity index is 666. The highest BCUT2D eigenvalue weighted by atomic mass is 16.7. The zero-order valence-corrected chi connectivity index (χ0v) is 19.2. The van der Waals surface area contributed by atoms with Crippen molar-refractivity contribution in [2.45, 2.75) is 91.0 Å². The molecule has 0 aliphatic carbocycles. The summed E-state index contributed by atoms with van der Waals surface area (Å²) >= 11 is 0. The number of carbonyl (C=O) groups is 1. The Labute approximate surface area is 171 Å². The van der Waals surface area contributed by atoms with E-state index in [0.29, 0.717) is 0 Å². The van der Waals surface area contributed by atoms with Gasteiger partial charge in [-0.1, -0.05) is 30.3 Å². The number of hydrogen-bond donors (Lipinski definition) is 0. The molecule has 0 saturated carbocycles. The zero-order chi connectivity index (χ0) is 21.5. The minimum atomic E-state index is -0.786. The van der Waals surface area contributed by atoms with Crippen LogP contribution in [-0.4, -0.2) is 53.3 Å². The van der Waals surface area contributed by atoms with Gasteiger partial charge in [-0.05, 0) is 67.9 Å². The third-order valence-electron chi connectivity index (χ3n) is 6.39. The van der Waals surface area contributed by atoms with Crippen LogP contribution in [0.2, 0.25) is 0 Å². The average molecular weight is 388 g/mol. The van der Waals surface area contributed by atoms with Crippen molar-refractivity contribution in [1.29, 1.82) is 0 Å². The molecule has 0 spiro atoms. The van der Waals surface area contributed by atoms with Crippen LogP contribution >= 0.6 is 0 Å². The molecule has 0 aromatic heterocycles. The topological polar surface area (TPSA) is 42.0 Å². The van der Waals surface area contributed by atoms with Crippen LogP contribution in [0.5, 0.6) is 0 Å². The largest absolute Gasteiger partial charge is 0.490 e. The van der Waals surface area contributed by atoms with E-state index < -0.39 is 23.8 Å². The molecule has 1 saturated heterocycles. The van der Waals surface area contributed by atoms with Gasteiger partial charge in [0, 0.05) is 19.1 Å². The Morgan fingerprint density at radius 2 is 1.39 bits per heavy atom. The minimum absolute atomic E-state index is 0.0361. The molecule has 1 atom stereocenters. The van der Waals surface area contributed by atoms with E-state index in [0.717, 1.165) is 5.56 Å². The van der Waals surface area contributed by atoms with Crippen LogP contribution in [0.15, 0.2) is 30.3 Å². The first-order valence-electron chi connectivity index (χ1n) is 10.2. The summed E-state index contributed by atoms with van der Waals surface area (Å²) in [5.74, 6) is 0. The Morgan fingerprint density at radius 1 is 0.964 bits per heavy atom. The second-order valence-electron chi connectivity index (χ2n) is 9.54. The lowest BCUT2D eigenvalue weighted by molar-refractivity contribution is 0.00578. The van der Waals surface area contributed by atoms with Gasteiger partial charge < -0.3 is 19.1 Å². The van der Waals surface area contributed by atoms with Crippen molar-refractivity contribution in [3.05, 3.63) is 35.9 Å². The first-order chi connectivity index (χ1) is 12.8. The summed E-state index contributed by atoms with van der Waals surface area (Å²) in [5.41, 5.74) is -0.761. The fourth-order valence-electron chi connectivity index (χ4n) is 3.75. The van der Waals surface area contributed by atoms with E-state index in [9.17, 15) is 4.79 Å². The predicted molar refractivity (Wildman–Crippen MR) is 115 cm³/mol. The normalized spacial score (nSPS) is 20.4. The standard InChI is InChI=1S/C22H37BN2O3/c1-16(2)25(17(3)4)19(26)24(10)22(9,18-14-12-11-13-15-18)23-27-20(5,6)21(7,8)28-23/h11-17H,1-10H3. The Hall–Kier alpha value is -1.53. The van der Waals surface area contributed by atoms with E-state index >= 15 is 0 Å². The highest BCUT2D eigenvalue weighted by molar-refractivity contribution is 6.49. The Kier molecular flexibility index (Phi) is 6.27. The third kappa shape index (κ3) is 3.81. The maximum atomic E-state index is 13.6. The molecule has 1 aromatic rings. The Morgan fingerprint density at radius 3 is 1.79 bits per heavy atom. The third-order valence-corrected chi connectivity index (χ3v) is 6.39. The van der Waals surface area contributed by atoms with E-state index in [-0.39, 0.29) is 18.1 Å². The average Bonchev–Trinajstić information content (AvgIpc) is 2.81. The number of urea groups is 1. The molecule has 1 unspecified atom stereocenters. The fraction of sp³-hybridized carbons (Fsp3) is 0.682. The van der Waals surface area contributed by atoms with Gasteiger partial charge in [-0.2, -0.15) is 0 Å². The van der Waals surface area contributed by atoms with Gasteiger partial charge in [0.2, 0.25) is 0 Å². The Balaban J connectivity index is 2.53. The van der Waals surface area contributed by atoms with Gasteiger partial charge >= 0.3 is 13.1 Å². The van der Waals surface area contributed by atoms with E-state index in [2.05, 4.69) is 0 Å². The highest BCUT2D eigenvalue weighted by Gasteiger charge is 2.61. The number of rotatable bonds is 5. The number of carbonyl (C=O) groups excluding carboxylic acids is 1. The molecule has 1 heterocycles. The molecule has 1 aromatic carbocycles. The summed E-state index contributed by atoms with van der Waals surface area (Å²) in [4.78, 5) is 17.2. The van der Waals surface area contributed by atoms with E-state index in [4.69, 9.17) is 9.31 Å². The molecule has 156 valence electrons. The summed E-state index contributed by atoms with van der Waals surface area (Å²) in [6, 6.07) is 10.2. The molecule has 1 aliphatic rings. The van der Waals surface area contributed by atoms with Crippen LogP contribution in [0.3, 0.4) is 0 Å². The zero-order valence-electron chi connectivity index (χ0n) is 19.2. The molecule has 0 bridgehead atoms. The van der Waals surface area contributed by atoms with Crippen molar-refractivity contribution in [3.8, 4) is 0 Å². The van der Waals surface area contributed by atoms with Gasteiger partial charge in [-0.25, -0.2) is 4.79 Å². The van der Waals surface area contributed by atoms with E-state index in [1.165, 1.54) is 0 Å². The van der Waals surface area contributed by atoms with Crippen LogP contribution < -0.4 is 0 Å². The van der Waals surface area contributed by atoms with Crippen molar-refractivity contribution in [2.75, 3.05) is 7.05 Å². The summed E-state index contributed by atoms with van der Waals surface area (Å²) in [5, 5.41) is 0. The molecular weight excluding hydrogens is 351 g/mol. The number of hydrogen-bond acceptors (Lipinski definition) is 3. The van der Waals surface area contributed by atoms with Crippen LogP contribution in [0, 0.1) is 0 Å². The first kappa shape index (κ1) is 22.8. The maximum absolute atomic E-state index is 13.6. The van der Waals surface area contributed by atoms with Crippen LogP contribution in [-0.2, 0) is 14.7 Å². The van der Waals surface area contributed by atoms with Crippen molar-refractivity contribution in [3.63, 3.8) is 0 Å². The van der Waals surface area contributed by atoms with Gasteiger partial charge in [-0.3, -0.25) is 0 Å². The van der Waals surface area contributed by atoms with Gasteiger partial charge in [0.1, 0.15) is 5.44 Å². The molecule has 6 heteroatoms. The lowest BCUT2D eigenvalue weighted by Gasteiger charge is -2.44. The van der Waals surface area contributed by atoms with Crippen molar-refractivity contribution in [2.24, 2.45) is 0 Å². The van der Waals surface area contributed by atoms with Gasteiger partial charge in [0.25, 0.3) is 0 Å². The molecule has 2 amide bonds. The van der Waals surface area contributed by atoms with Crippen molar-refractivity contribution in [1.82, 2.24) is 9.80 Å². The van der Waals surface area contributed by atoms with Crippen LogP contribution in [0.25, 0.3) is 0 Å². The predicted octanol–water partition coefficient (Wildman–Crippen LogP) is 4.70. The molecule has 0 N–H and O–H groups in total. The first-order valence-corrected chi connectivity index (χ1v) is 10.2. The molecule has 2 rings (SSSR count). The molecule has 28 heavy (non-hydrogen) atoms. The smallest absolute Gasteiger partial charge is 0.401 e. The maximum Gasteiger partial charge on any atom is 0.490 e. The van der Waals surface area contributed by atoms with E-state index in [1.54, 1.807) is 4.90 Å². The quantitative estimate of drug-likeness (QED) is 0.687. The van der Waals surface area contributed by atoms with Crippen LogP contribution in [0.4, 0.5) is 4.79 Å². The fourth-order valence-corrected chi connectivity index (χ4v) is 3.75. The van der Waals surface area contributed by atoms with Crippen LogP contribution in [0.1, 0.15) is 67.9 Å². The summed E-state index contributed by atoms with van der Waals surface area (Å²) in [6.45, 7) is 18.3. The lowest BCUT2D eigenvalue weighted by Crippen LogP contribution is -2.61. The molecular formula is C22H37BN2O3. The summed E-state index contributed by atoms with van der Waals surface area (Å²) < 4.78 is 12.8. The SMILES string of the molecule is CC(C)N(C(=O)N(C)C(C)(B1OC(C)(C)C(C)(C)O1)c1ccccc1)C(C)C. The number of benzene rings is 1. The molecule has 0 radical (unpaired) electrons. The van der Waals surface area contributed by atoms with Crippen molar-refractivity contribution < 1.29 is 14.1 Å². The summed E-state index contributed by atoms with van der Waals surface area (Å²) in [7, 11) is 1.26. The van der Waals surface area contributed by atoms with Gasteiger partial charge in [0.15, 0.2) is 0 Å². The monoisotopic (exact) mass is 388 g/mol. The minimum Gasteiger partial charge on any atom is -0.401 e. The number of amides is 2. The molecule has 1 aliphatic heterocycles. The lowest BCUT2D eigenvalue weighted by atomic mass is 9.60. The van der Waals surface area contributed by atoms with Gasteiger partial charge in [0.05, 0.1) is 11.2 Å². The highest BCUT2D eigenvalue weighted by Crippen LogP contribution is 2.44. The van der Waals surface area contributed by atoms with Crippen molar-refractivity contribution >= 4 is 13.1 Å².